The summed E-state index contributed by atoms with van der Waals surface area (Å²) < 4.78 is 0. The van der Waals surface area contributed by atoms with E-state index in [1.54, 1.807) is 0 Å². The zero-order valence-corrected chi connectivity index (χ0v) is 28.4. The summed E-state index contributed by atoms with van der Waals surface area (Å²) in [6.45, 7) is 0. The van der Waals surface area contributed by atoms with Crippen molar-refractivity contribution >= 4 is 43.1 Å². The van der Waals surface area contributed by atoms with E-state index < -0.39 is 0 Å². The fourth-order valence-electron chi connectivity index (χ4n) is 7.69. The molecule has 1 aromatic heterocycles. The highest BCUT2D eigenvalue weighted by Crippen LogP contribution is 2.40. The van der Waals surface area contributed by atoms with E-state index >= 15 is 0 Å². The van der Waals surface area contributed by atoms with Gasteiger partial charge in [-0.15, -0.1) is 0 Å². The quantitative estimate of drug-likeness (QED) is 0.136. The topological polar surface area (TPSA) is 25.8 Å². The molecule has 0 spiro atoms. The number of nitrogens with zero attached hydrogens (tertiary/aromatic N) is 2. The van der Waals surface area contributed by atoms with Crippen LogP contribution in [0.25, 0.3) is 99.2 Å². The highest BCUT2D eigenvalue weighted by molar-refractivity contribution is 6.20. The van der Waals surface area contributed by atoms with Crippen molar-refractivity contribution in [3.05, 3.63) is 194 Å². The first-order valence-corrected chi connectivity index (χ1v) is 17.7. The Labute approximate surface area is 302 Å². The highest BCUT2D eigenvalue weighted by Gasteiger charge is 2.15. The zero-order valence-electron chi connectivity index (χ0n) is 28.4. The molecule has 0 bridgehead atoms. The standard InChI is InChI=1S/C50H32N2/c1-2-11-33(12-3-1)34-21-27-39(28-22-34)50-51-47(32-48(52-50)44-20-10-16-35-13-4-7-17-41(35)44)37-23-25-38(26-24-37)49-43-19-9-6-15-40(43)31-46-42-18-8-5-14-36(42)29-30-45(46)49/h1-32H. The van der Waals surface area contributed by atoms with Crippen molar-refractivity contribution in [2.45, 2.75) is 0 Å². The maximum Gasteiger partial charge on any atom is 0.160 e. The van der Waals surface area contributed by atoms with Gasteiger partial charge >= 0.3 is 0 Å². The first kappa shape index (κ1) is 30.0. The van der Waals surface area contributed by atoms with E-state index in [9.17, 15) is 0 Å². The largest absolute Gasteiger partial charge is 0.228 e. The Morgan fingerprint density at radius 3 is 1.62 bits per heavy atom. The summed E-state index contributed by atoms with van der Waals surface area (Å²) in [5, 5.41) is 9.90. The Balaban J connectivity index is 1.13. The second kappa shape index (κ2) is 12.5. The molecule has 0 aliphatic rings. The maximum atomic E-state index is 5.21. The number of fused-ring (bicyclic) bond motifs is 5. The van der Waals surface area contributed by atoms with Gasteiger partial charge in [0, 0.05) is 16.7 Å². The lowest BCUT2D eigenvalue weighted by molar-refractivity contribution is 1.18. The van der Waals surface area contributed by atoms with Gasteiger partial charge in [-0.1, -0.05) is 182 Å². The third-order valence-corrected chi connectivity index (χ3v) is 10.3. The van der Waals surface area contributed by atoms with E-state index in [4.69, 9.17) is 9.97 Å². The Bertz CT molecular complexity index is 2920. The summed E-state index contributed by atoms with van der Waals surface area (Å²) >= 11 is 0. The molecule has 10 aromatic rings. The molecule has 0 unspecified atom stereocenters. The molecule has 9 aromatic carbocycles. The molecule has 0 aliphatic heterocycles. The number of benzene rings is 9. The maximum absolute atomic E-state index is 5.21. The lowest BCUT2D eigenvalue weighted by atomic mass is 9.89. The van der Waals surface area contributed by atoms with Gasteiger partial charge in [0.15, 0.2) is 5.82 Å². The smallest absolute Gasteiger partial charge is 0.160 e. The zero-order chi connectivity index (χ0) is 34.4. The van der Waals surface area contributed by atoms with Gasteiger partial charge < -0.3 is 0 Å². The van der Waals surface area contributed by atoms with E-state index in [0.717, 1.165) is 28.1 Å². The molecule has 242 valence electrons. The van der Waals surface area contributed by atoms with Crippen molar-refractivity contribution in [3.63, 3.8) is 0 Å². The minimum absolute atomic E-state index is 0.705. The Morgan fingerprint density at radius 1 is 0.269 bits per heavy atom. The lowest BCUT2D eigenvalue weighted by Gasteiger charge is -2.15. The van der Waals surface area contributed by atoms with Gasteiger partial charge in [0.2, 0.25) is 0 Å². The summed E-state index contributed by atoms with van der Waals surface area (Å²) in [4.78, 5) is 10.4. The monoisotopic (exact) mass is 660 g/mol. The molecule has 1 heterocycles. The molecule has 0 radical (unpaired) electrons. The SMILES string of the molecule is c1ccc(-c2ccc(-c3nc(-c4ccc(-c5c6ccccc6cc6c5ccc5ccccc56)cc4)cc(-c4cccc5ccccc45)n3)cc2)cc1. The molecule has 2 heteroatoms. The Kier molecular flexibility index (Phi) is 7.18. The van der Waals surface area contributed by atoms with Crippen LogP contribution in [0.3, 0.4) is 0 Å². The average molecular weight is 661 g/mol. The van der Waals surface area contributed by atoms with Crippen molar-refractivity contribution in [1.29, 1.82) is 0 Å². The van der Waals surface area contributed by atoms with Crippen LogP contribution < -0.4 is 0 Å². The first-order chi connectivity index (χ1) is 25.8. The predicted molar refractivity (Wildman–Crippen MR) is 219 cm³/mol. The normalized spacial score (nSPS) is 11.5. The molecule has 10 rings (SSSR count). The van der Waals surface area contributed by atoms with Crippen LogP contribution in [-0.4, -0.2) is 9.97 Å². The van der Waals surface area contributed by atoms with E-state index in [0.29, 0.717) is 5.82 Å². The summed E-state index contributed by atoms with van der Waals surface area (Å²) in [5.74, 6) is 0.705. The van der Waals surface area contributed by atoms with Crippen LogP contribution in [0.5, 0.6) is 0 Å². The molecule has 0 saturated heterocycles. The van der Waals surface area contributed by atoms with Gasteiger partial charge in [-0.3, -0.25) is 0 Å². The van der Waals surface area contributed by atoms with Crippen molar-refractivity contribution in [2.24, 2.45) is 0 Å². The lowest BCUT2D eigenvalue weighted by Crippen LogP contribution is -1.96. The van der Waals surface area contributed by atoms with Crippen molar-refractivity contribution in [1.82, 2.24) is 9.97 Å². The van der Waals surface area contributed by atoms with E-state index in [1.165, 1.54) is 65.3 Å². The van der Waals surface area contributed by atoms with Crippen LogP contribution in [0, 0.1) is 0 Å². The van der Waals surface area contributed by atoms with Gasteiger partial charge in [-0.2, -0.15) is 0 Å². The molecule has 2 nitrogen and oxygen atoms in total. The average Bonchev–Trinajstić information content (AvgIpc) is 3.23. The van der Waals surface area contributed by atoms with Gasteiger partial charge in [-0.05, 0) is 77.5 Å². The van der Waals surface area contributed by atoms with Crippen LogP contribution in [0.15, 0.2) is 194 Å². The second-order valence-corrected chi connectivity index (χ2v) is 13.4. The van der Waals surface area contributed by atoms with Crippen LogP contribution >= 0.6 is 0 Å². The summed E-state index contributed by atoms with van der Waals surface area (Å²) in [6, 6.07) is 69.3. The number of rotatable bonds is 5. The number of hydrogen-bond acceptors (Lipinski definition) is 2. The second-order valence-electron chi connectivity index (χ2n) is 13.4. The number of hydrogen-bond donors (Lipinski definition) is 0. The molecule has 0 saturated carbocycles. The minimum Gasteiger partial charge on any atom is -0.228 e. The van der Waals surface area contributed by atoms with Crippen LogP contribution in [-0.2, 0) is 0 Å². The van der Waals surface area contributed by atoms with Crippen molar-refractivity contribution in [3.8, 4) is 56.2 Å². The predicted octanol–water partition coefficient (Wildman–Crippen LogP) is 13.4. The Morgan fingerprint density at radius 2 is 0.827 bits per heavy atom. The fourth-order valence-corrected chi connectivity index (χ4v) is 7.69. The van der Waals surface area contributed by atoms with Crippen LogP contribution in [0.2, 0.25) is 0 Å². The minimum atomic E-state index is 0.705. The van der Waals surface area contributed by atoms with E-state index in [2.05, 4.69) is 188 Å². The van der Waals surface area contributed by atoms with Gasteiger partial charge in [0.1, 0.15) is 0 Å². The molecule has 52 heavy (non-hydrogen) atoms. The van der Waals surface area contributed by atoms with Gasteiger partial charge in [-0.25, -0.2) is 9.97 Å². The molecular formula is C50H32N2. The van der Waals surface area contributed by atoms with Gasteiger partial charge in [0.25, 0.3) is 0 Å². The first-order valence-electron chi connectivity index (χ1n) is 17.7. The third kappa shape index (κ3) is 5.21. The molecular weight excluding hydrogens is 629 g/mol. The highest BCUT2D eigenvalue weighted by atomic mass is 14.9. The van der Waals surface area contributed by atoms with Crippen LogP contribution in [0.1, 0.15) is 0 Å². The van der Waals surface area contributed by atoms with Crippen LogP contribution in [0.4, 0.5) is 0 Å². The summed E-state index contributed by atoms with van der Waals surface area (Å²) in [5.41, 5.74) is 9.70. The van der Waals surface area contributed by atoms with E-state index in [1.807, 2.05) is 6.07 Å². The third-order valence-electron chi connectivity index (χ3n) is 10.3. The molecule has 0 atom stereocenters. The fraction of sp³-hybridized carbons (Fsp3) is 0. The van der Waals surface area contributed by atoms with Gasteiger partial charge in [0.05, 0.1) is 11.4 Å². The summed E-state index contributed by atoms with van der Waals surface area (Å²) in [7, 11) is 0. The molecule has 0 amide bonds. The van der Waals surface area contributed by atoms with Crippen molar-refractivity contribution < 1.29 is 0 Å². The summed E-state index contributed by atoms with van der Waals surface area (Å²) in [6.07, 6.45) is 0. The molecule has 0 fully saturated rings. The Hall–Kier alpha value is -6.90. The van der Waals surface area contributed by atoms with Crippen molar-refractivity contribution in [2.75, 3.05) is 0 Å². The molecule has 0 aliphatic carbocycles. The van der Waals surface area contributed by atoms with E-state index in [-0.39, 0.29) is 0 Å². The number of aromatic nitrogens is 2. The molecule has 0 N–H and O–H groups in total.